The number of rotatable bonds is 8. The summed E-state index contributed by atoms with van der Waals surface area (Å²) in [5.41, 5.74) is 0.699. The van der Waals surface area contributed by atoms with Crippen LogP contribution in [0.2, 0.25) is 0 Å². The summed E-state index contributed by atoms with van der Waals surface area (Å²) in [7, 11) is 1.59. The lowest BCUT2D eigenvalue weighted by Crippen LogP contribution is -2.35. The highest BCUT2D eigenvalue weighted by atomic mass is 19.4. The van der Waals surface area contributed by atoms with Crippen molar-refractivity contribution < 1.29 is 22.7 Å². The van der Waals surface area contributed by atoms with Crippen molar-refractivity contribution in [2.24, 2.45) is 0 Å². The SMILES string of the molecule is COCCNCc1cn(CC(=O)NCC(F)(F)F)cn1. The van der Waals surface area contributed by atoms with Gasteiger partial charge in [0.2, 0.25) is 5.91 Å². The summed E-state index contributed by atoms with van der Waals surface area (Å²) in [6.45, 7) is 0.212. The van der Waals surface area contributed by atoms with Crippen LogP contribution in [0.4, 0.5) is 13.2 Å². The second-order valence-electron chi connectivity index (χ2n) is 4.10. The van der Waals surface area contributed by atoms with Gasteiger partial charge in [-0.3, -0.25) is 4.79 Å². The van der Waals surface area contributed by atoms with Gasteiger partial charge >= 0.3 is 6.18 Å². The molecule has 114 valence electrons. The Balaban J connectivity index is 2.30. The van der Waals surface area contributed by atoms with Crippen molar-refractivity contribution >= 4 is 5.91 Å². The Hall–Kier alpha value is -1.61. The van der Waals surface area contributed by atoms with E-state index in [0.29, 0.717) is 25.4 Å². The molecule has 0 aliphatic carbocycles. The number of hydrogen-bond donors (Lipinski definition) is 2. The average Bonchev–Trinajstić information content (AvgIpc) is 2.79. The molecule has 1 rings (SSSR count). The third-order valence-corrected chi connectivity index (χ3v) is 2.29. The van der Waals surface area contributed by atoms with E-state index in [1.165, 1.54) is 10.9 Å². The Morgan fingerprint density at radius 2 is 2.25 bits per heavy atom. The first-order chi connectivity index (χ1) is 9.40. The molecule has 0 unspecified atom stereocenters. The monoisotopic (exact) mass is 294 g/mol. The van der Waals surface area contributed by atoms with Crippen molar-refractivity contribution in [3.8, 4) is 0 Å². The zero-order valence-corrected chi connectivity index (χ0v) is 11.0. The van der Waals surface area contributed by atoms with Crippen LogP contribution < -0.4 is 10.6 Å². The molecule has 6 nitrogen and oxygen atoms in total. The van der Waals surface area contributed by atoms with Crippen molar-refractivity contribution in [1.82, 2.24) is 20.2 Å². The highest BCUT2D eigenvalue weighted by Crippen LogP contribution is 2.12. The number of ether oxygens (including phenoxy) is 1. The van der Waals surface area contributed by atoms with Crippen LogP contribution in [0.15, 0.2) is 12.5 Å². The van der Waals surface area contributed by atoms with Gasteiger partial charge in [0, 0.05) is 26.4 Å². The predicted molar refractivity (Wildman–Crippen MR) is 64.9 cm³/mol. The summed E-state index contributed by atoms with van der Waals surface area (Å²) in [5.74, 6) is -0.710. The second-order valence-corrected chi connectivity index (χ2v) is 4.10. The molecule has 1 aromatic rings. The van der Waals surface area contributed by atoms with Crippen LogP contribution in [0.1, 0.15) is 5.69 Å². The van der Waals surface area contributed by atoms with Gasteiger partial charge in [-0.1, -0.05) is 0 Å². The van der Waals surface area contributed by atoms with E-state index in [1.807, 2.05) is 0 Å². The fourth-order valence-electron chi connectivity index (χ4n) is 1.40. The van der Waals surface area contributed by atoms with E-state index < -0.39 is 18.6 Å². The smallest absolute Gasteiger partial charge is 0.383 e. The minimum absolute atomic E-state index is 0.193. The quantitative estimate of drug-likeness (QED) is 0.677. The number of carbonyl (C=O) groups excluding carboxylic acids is 1. The summed E-state index contributed by atoms with van der Waals surface area (Å²) < 4.78 is 42.0. The molecule has 0 saturated heterocycles. The number of amides is 1. The Morgan fingerprint density at radius 3 is 2.90 bits per heavy atom. The Bertz CT molecular complexity index is 420. The first-order valence-corrected chi connectivity index (χ1v) is 5.94. The maximum atomic E-state index is 11.9. The van der Waals surface area contributed by atoms with Crippen LogP contribution in [0.3, 0.4) is 0 Å². The van der Waals surface area contributed by atoms with Gasteiger partial charge < -0.3 is 19.9 Å². The molecule has 0 fully saturated rings. The van der Waals surface area contributed by atoms with E-state index in [-0.39, 0.29) is 6.54 Å². The largest absolute Gasteiger partial charge is 0.405 e. The van der Waals surface area contributed by atoms with Crippen molar-refractivity contribution in [2.45, 2.75) is 19.3 Å². The summed E-state index contributed by atoms with van der Waals surface area (Å²) >= 11 is 0. The van der Waals surface area contributed by atoms with Gasteiger partial charge in [-0.15, -0.1) is 0 Å². The molecule has 9 heteroatoms. The maximum absolute atomic E-state index is 11.9. The van der Waals surface area contributed by atoms with Crippen LogP contribution in [0.5, 0.6) is 0 Å². The van der Waals surface area contributed by atoms with Gasteiger partial charge in [0.05, 0.1) is 18.6 Å². The molecule has 2 N–H and O–H groups in total. The molecule has 1 aromatic heterocycles. The molecule has 20 heavy (non-hydrogen) atoms. The number of nitrogens with zero attached hydrogens (tertiary/aromatic N) is 2. The maximum Gasteiger partial charge on any atom is 0.405 e. The zero-order valence-electron chi connectivity index (χ0n) is 11.0. The lowest BCUT2D eigenvalue weighted by molar-refractivity contribution is -0.138. The number of aromatic nitrogens is 2. The molecule has 0 bridgehead atoms. The third-order valence-electron chi connectivity index (χ3n) is 2.29. The third kappa shape index (κ3) is 7.10. The Morgan fingerprint density at radius 1 is 1.50 bits per heavy atom. The number of imidazole rings is 1. The van der Waals surface area contributed by atoms with Crippen molar-refractivity contribution in [3.63, 3.8) is 0 Å². The highest BCUT2D eigenvalue weighted by Gasteiger charge is 2.27. The van der Waals surface area contributed by atoms with Crippen molar-refractivity contribution in [1.29, 1.82) is 0 Å². The molecule has 0 radical (unpaired) electrons. The molecular weight excluding hydrogens is 277 g/mol. The Labute approximate surface area is 114 Å². The first kappa shape index (κ1) is 16.4. The van der Waals surface area contributed by atoms with E-state index in [2.05, 4.69) is 10.3 Å². The molecule has 1 amide bonds. The fraction of sp³-hybridized carbons (Fsp3) is 0.636. The fourth-order valence-corrected chi connectivity index (χ4v) is 1.40. The lowest BCUT2D eigenvalue weighted by Gasteiger charge is -2.08. The number of hydrogen-bond acceptors (Lipinski definition) is 4. The van der Waals surface area contributed by atoms with E-state index in [9.17, 15) is 18.0 Å². The molecule has 0 aromatic carbocycles. The van der Waals surface area contributed by atoms with E-state index in [1.54, 1.807) is 18.6 Å². The van der Waals surface area contributed by atoms with E-state index in [0.717, 1.165) is 0 Å². The van der Waals surface area contributed by atoms with E-state index in [4.69, 9.17) is 4.74 Å². The molecule has 0 aliphatic rings. The lowest BCUT2D eigenvalue weighted by atomic mass is 10.4. The number of methoxy groups -OCH3 is 1. The highest BCUT2D eigenvalue weighted by molar-refractivity contribution is 5.75. The summed E-state index contributed by atoms with van der Waals surface area (Å²) in [4.78, 5) is 15.3. The summed E-state index contributed by atoms with van der Waals surface area (Å²) in [6.07, 6.45) is -1.39. The van der Waals surface area contributed by atoms with Crippen LogP contribution in [0, 0.1) is 0 Å². The predicted octanol–water partition coefficient (Wildman–Crippen LogP) is 0.298. The number of halogens is 3. The van der Waals surface area contributed by atoms with Gasteiger partial charge in [-0.2, -0.15) is 13.2 Å². The second kappa shape index (κ2) is 7.85. The normalized spacial score (nSPS) is 11.6. The topological polar surface area (TPSA) is 68.2 Å². The molecule has 0 aliphatic heterocycles. The van der Waals surface area contributed by atoms with Gasteiger partial charge in [-0.05, 0) is 0 Å². The minimum atomic E-state index is -4.40. The van der Waals surface area contributed by atoms with Gasteiger partial charge in [0.1, 0.15) is 13.1 Å². The zero-order chi connectivity index (χ0) is 15.0. The van der Waals surface area contributed by atoms with Crippen molar-refractivity contribution in [2.75, 3.05) is 26.8 Å². The Kier molecular flexibility index (Phi) is 6.46. The molecule has 1 heterocycles. The van der Waals surface area contributed by atoms with Crippen LogP contribution in [-0.4, -0.2) is 48.4 Å². The number of nitrogens with one attached hydrogen (secondary N) is 2. The van der Waals surface area contributed by atoms with Crippen molar-refractivity contribution in [3.05, 3.63) is 18.2 Å². The van der Waals surface area contributed by atoms with E-state index >= 15 is 0 Å². The van der Waals surface area contributed by atoms with Crippen LogP contribution in [0.25, 0.3) is 0 Å². The summed E-state index contributed by atoms with van der Waals surface area (Å²) in [6, 6.07) is 0. The van der Waals surface area contributed by atoms with Gasteiger partial charge in [-0.25, -0.2) is 4.98 Å². The average molecular weight is 294 g/mol. The molecule has 0 atom stereocenters. The first-order valence-electron chi connectivity index (χ1n) is 5.94. The van der Waals surface area contributed by atoms with Crippen LogP contribution >= 0.6 is 0 Å². The molecule has 0 spiro atoms. The van der Waals surface area contributed by atoms with Crippen LogP contribution in [-0.2, 0) is 22.6 Å². The standard InChI is InChI=1S/C11H17F3N4O2/c1-20-3-2-15-4-9-5-18(8-17-9)6-10(19)16-7-11(12,13)14/h5,8,15H,2-4,6-7H2,1H3,(H,16,19). The number of carbonyl (C=O) groups is 1. The van der Waals surface area contributed by atoms with Gasteiger partial charge in [0.15, 0.2) is 0 Å². The minimum Gasteiger partial charge on any atom is -0.383 e. The van der Waals surface area contributed by atoms with Gasteiger partial charge in [0.25, 0.3) is 0 Å². The molecule has 0 saturated carbocycles. The molecular formula is C11H17F3N4O2. The summed E-state index contributed by atoms with van der Waals surface area (Å²) in [5, 5.41) is 4.86. The number of alkyl halides is 3.